The predicted octanol–water partition coefficient (Wildman–Crippen LogP) is 5.14. The van der Waals surface area contributed by atoms with Gasteiger partial charge in [0.1, 0.15) is 0 Å². The van der Waals surface area contributed by atoms with Gasteiger partial charge < -0.3 is 5.32 Å². The Labute approximate surface area is 122 Å². The van der Waals surface area contributed by atoms with E-state index in [1.54, 1.807) is 6.07 Å². The largest absolute Gasteiger partial charge is 0.416 e. The molecule has 2 rings (SSSR count). The average molecular weight is 291 g/mol. The number of hydrogen-bond donors (Lipinski definition) is 1. The highest BCUT2D eigenvalue weighted by molar-refractivity contribution is 5.67. The molecule has 1 nitrogen and oxygen atoms in total. The van der Waals surface area contributed by atoms with Gasteiger partial charge in [0.05, 0.1) is 5.56 Å². The lowest BCUT2D eigenvalue weighted by Gasteiger charge is -2.14. The van der Waals surface area contributed by atoms with Crippen molar-refractivity contribution in [2.24, 2.45) is 0 Å². The number of benzene rings is 2. The van der Waals surface area contributed by atoms with Crippen LogP contribution < -0.4 is 5.32 Å². The third-order valence-electron chi connectivity index (χ3n) is 3.23. The van der Waals surface area contributed by atoms with Crippen LogP contribution in [0, 0.1) is 6.92 Å². The van der Waals surface area contributed by atoms with Gasteiger partial charge in [0.25, 0.3) is 0 Å². The minimum absolute atomic E-state index is 0.218. The Morgan fingerprint density at radius 1 is 1.10 bits per heavy atom. The van der Waals surface area contributed by atoms with Gasteiger partial charge >= 0.3 is 6.18 Å². The first-order valence-electron chi connectivity index (χ1n) is 6.53. The maximum absolute atomic E-state index is 12.8. The predicted molar refractivity (Wildman–Crippen MR) is 80.1 cm³/mol. The number of nitrogens with one attached hydrogen (secondary N) is 1. The summed E-state index contributed by atoms with van der Waals surface area (Å²) in [6, 6.07) is 13.8. The van der Waals surface area contributed by atoms with Crippen LogP contribution in [0.3, 0.4) is 0 Å². The van der Waals surface area contributed by atoms with Crippen molar-refractivity contribution in [2.45, 2.75) is 13.1 Å². The van der Waals surface area contributed by atoms with E-state index >= 15 is 0 Å². The second kappa shape index (κ2) is 6.04. The van der Waals surface area contributed by atoms with Gasteiger partial charge in [-0.2, -0.15) is 13.2 Å². The molecular weight excluding hydrogens is 275 g/mol. The highest BCUT2D eigenvalue weighted by Crippen LogP contribution is 2.33. The maximum Gasteiger partial charge on any atom is 0.416 e. The van der Waals surface area contributed by atoms with Crippen LogP contribution in [0.2, 0.25) is 0 Å². The van der Waals surface area contributed by atoms with Gasteiger partial charge in [0, 0.05) is 12.2 Å². The molecule has 0 saturated heterocycles. The summed E-state index contributed by atoms with van der Waals surface area (Å²) in [5.41, 5.74) is 1.83. The van der Waals surface area contributed by atoms with Gasteiger partial charge in [-0.25, -0.2) is 0 Å². The first-order valence-corrected chi connectivity index (χ1v) is 6.53. The summed E-state index contributed by atoms with van der Waals surface area (Å²) < 4.78 is 38.5. The zero-order valence-corrected chi connectivity index (χ0v) is 11.7. The van der Waals surface area contributed by atoms with Crippen LogP contribution in [0.15, 0.2) is 55.1 Å². The van der Waals surface area contributed by atoms with Gasteiger partial charge in [0.2, 0.25) is 0 Å². The average Bonchev–Trinajstić information content (AvgIpc) is 2.45. The topological polar surface area (TPSA) is 12.0 Å². The Morgan fingerprint density at radius 3 is 2.38 bits per heavy atom. The van der Waals surface area contributed by atoms with E-state index in [2.05, 4.69) is 11.9 Å². The molecule has 0 spiro atoms. The molecule has 110 valence electrons. The number of anilines is 1. The van der Waals surface area contributed by atoms with E-state index in [-0.39, 0.29) is 5.56 Å². The molecule has 2 aromatic rings. The molecule has 0 fully saturated rings. The molecule has 0 aromatic heterocycles. The molecule has 0 heterocycles. The van der Waals surface area contributed by atoms with Crippen LogP contribution in [-0.2, 0) is 6.18 Å². The molecule has 1 N–H and O–H groups in total. The first-order chi connectivity index (χ1) is 9.88. The summed E-state index contributed by atoms with van der Waals surface area (Å²) in [5.74, 6) is 0. The van der Waals surface area contributed by atoms with E-state index in [0.717, 1.165) is 17.2 Å². The Morgan fingerprint density at radius 2 is 1.76 bits per heavy atom. The highest BCUT2D eigenvalue weighted by Gasteiger charge is 2.32. The van der Waals surface area contributed by atoms with Crippen LogP contribution in [0.4, 0.5) is 18.9 Å². The third kappa shape index (κ3) is 3.88. The van der Waals surface area contributed by atoms with Crippen molar-refractivity contribution >= 4 is 11.3 Å². The summed E-state index contributed by atoms with van der Waals surface area (Å²) in [7, 11) is 0. The Bertz CT molecular complexity index is 630. The zero-order valence-electron chi connectivity index (χ0n) is 11.7. The third-order valence-corrected chi connectivity index (χ3v) is 3.23. The second-order valence-electron chi connectivity index (χ2n) is 4.85. The van der Waals surface area contributed by atoms with E-state index in [4.69, 9.17) is 0 Å². The quantitative estimate of drug-likeness (QED) is 0.822. The van der Waals surface area contributed by atoms with Crippen LogP contribution in [0.25, 0.3) is 5.57 Å². The highest BCUT2D eigenvalue weighted by atomic mass is 19.4. The van der Waals surface area contributed by atoms with E-state index in [0.29, 0.717) is 12.2 Å². The molecular formula is C17H16F3N. The molecule has 0 unspecified atom stereocenters. The number of halogens is 3. The molecule has 0 saturated carbocycles. The second-order valence-corrected chi connectivity index (χ2v) is 4.85. The summed E-state index contributed by atoms with van der Waals surface area (Å²) in [4.78, 5) is 0. The Kier molecular flexibility index (Phi) is 4.36. The van der Waals surface area contributed by atoms with Crippen molar-refractivity contribution in [3.05, 3.63) is 71.8 Å². The van der Waals surface area contributed by atoms with Crippen LogP contribution >= 0.6 is 0 Å². The molecule has 0 aliphatic heterocycles. The Hall–Kier alpha value is -2.23. The lowest BCUT2D eigenvalue weighted by molar-refractivity contribution is -0.138. The van der Waals surface area contributed by atoms with Crippen molar-refractivity contribution in [2.75, 3.05) is 11.9 Å². The van der Waals surface area contributed by atoms with Crippen molar-refractivity contribution in [3.8, 4) is 0 Å². The van der Waals surface area contributed by atoms with Crippen molar-refractivity contribution in [3.63, 3.8) is 0 Å². The van der Waals surface area contributed by atoms with Crippen LogP contribution in [0.1, 0.15) is 16.7 Å². The lowest BCUT2D eigenvalue weighted by atomic mass is 10.1. The Balaban J connectivity index is 2.09. The van der Waals surface area contributed by atoms with Crippen molar-refractivity contribution < 1.29 is 13.2 Å². The van der Waals surface area contributed by atoms with Gasteiger partial charge in [-0.3, -0.25) is 0 Å². The summed E-state index contributed by atoms with van der Waals surface area (Å²) in [5, 5.41) is 2.98. The normalized spacial score (nSPS) is 11.2. The number of hydrogen-bond acceptors (Lipinski definition) is 1. The molecule has 0 bridgehead atoms. The smallest absolute Gasteiger partial charge is 0.381 e. The van der Waals surface area contributed by atoms with Crippen molar-refractivity contribution in [1.29, 1.82) is 0 Å². The number of rotatable bonds is 4. The molecule has 0 radical (unpaired) electrons. The van der Waals surface area contributed by atoms with Gasteiger partial charge in [-0.1, -0.05) is 43.0 Å². The van der Waals surface area contributed by atoms with Crippen LogP contribution in [0.5, 0.6) is 0 Å². The molecule has 0 amide bonds. The fourth-order valence-corrected chi connectivity index (χ4v) is 2.02. The van der Waals surface area contributed by atoms with Crippen molar-refractivity contribution in [1.82, 2.24) is 0 Å². The summed E-state index contributed by atoms with van der Waals surface area (Å²) >= 11 is 0. The van der Waals surface area contributed by atoms with Crippen LogP contribution in [-0.4, -0.2) is 6.54 Å². The minimum atomic E-state index is -4.34. The molecule has 4 heteroatoms. The van der Waals surface area contributed by atoms with Gasteiger partial charge in [-0.05, 0) is 35.8 Å². The van der Waals surface area contributed by atoms with E-state index in [9.17, 15) is 13.2 Å². The lowest BCUT2D eigenvalue weighted by Crippen LogP contribution is -2.09. The maximum atomic E-state index is 12.8. The summed E-state index contributed by atoms with van der Waals surface area (Å²) in [6.07, 6.45) is -4.34. The fourth-order valence-electron chi connectivity index (χ4n) is 2.02. The molecule has 0 atom stereocenters. The first kappa shape index (κ1) is 15.2. The summed E-state index contributed by atoms with van der Waals surface area (Å²) in [6.45, 7) is 5.79. The standard InChI is InChI=1S/C17H16F3N/c1-12-8-9-15(10-16(12)17(18,19)20)21-11-13(2)14-6-4-3-5-7-14/h3-10,21H,2,11H2,1H3. The zero-order chi connectivity index (χ0) is 15.5. The monoisotopic (exact) mass is 291 g/mol. The van der Waals surface area contributed by atoms with Gasteiger partial charge in [0.15, 0.2) is 0 Å². The number of alkyl halides is 3. The SMILES string of the molecule is C=C(CNc1ccc(C)c(C(F)(F)F)c1)c1ccccc1. The fraction of sp³-hybridized carbons (Fsp3) is 0.176. The molecule has 0 aliphatic carbocycles. The van der Waals surface area contributed by atoms with Gasteiger partial charge in [-0.15, -0.1) is 0 Å². The number of aryl methyl sites for hydroxylation is 1. The molecule has 2 aromatic carbocycles. The van der Waals surface area contributed by atoms with E-state index < -0.39 is 11.7 Å². The van der Waals surface area contributed by atoms with E-state index in [1.807, 2.05) is 30.3 Å². The minimum Gasteiger partial charge on any atom is -0.381 e. The molecule has 21 heavy (non-hydrogen) atoms. The van der Waals surface area contributed by atoms with E-state index in [1.165, 1.54) is 13.0 Å². The molecule has 0 aliphatic rings.